The zero-order chi connectivity index (χ0) is 13.4. The van der Waals surface area contributed by atoms with Crippen LogP contribution in [0.15, 0.2) is 54.9 Å². The van der Waals surface area contributed by atoms with Crippen LogP contribution < -0.4 is 5.32 Å². The van der Waals surface area contributed by atoms with Gasteiger partial charge < -0.3 is 5.32 Å². The maximum Gasteiger partial charge on any atom is 0.0728 e. The lowest BCUT2D eigenvalue weighted by atomic mass is 9.71. The van der Waals surface area contributed by atoms with Crippen LogP contribution in [0.1, 0.15) is 18.4 Å². The summed E-state index contributed by atoms with van der Waals surface area (Å²) in [5.74, 6) is 1.64. The zero-order valence-corrected chi connectivity index (χ0v) is 11.4. The van der Waals surface area contributed by atoms with E-state index in [1.165, 1.54) is 18.4 Å². The van der Waals surface area contributed by atoms with Gasteiger partial charge in [0, 0.05) is 18.2 Å². The van der Waals surface area contributed by atoms with Crippen LogP contribution in [-0.4, -0.2) is 15.8 Å². The van der Waals surface area contributed by atoms with E-state index in [0.29, 0.717) is 6.04 Å². The summed E-state index contributed by atoms with van der Waals surface area (Å²) in [6, 6.07) is 11.1. The van der Waals surface area contributed by atoms with Gasteiger partial charge in [-0.25, -0.2) is 0 Å². The van der Waals surface area contributed by atoms with Crippen molar-refractivity contribution in [2.75, 3.05) is 5.32 Å². The number of hydrogen-bond donors (Lipinski definition) is 1. The standard InChI is InChI=1S/C17H19N3/c1-2-5-13(6-3-1)11-20-12-15(10-18-20)19-17-9-14-7-4-8-16(14)17/h1-6,8,10,12,14,16-17,19H,7,9,11H2. The Bertz CT molecular complexity index is 614. The average molecular weight is 265 g/mol. The first-order valence-electron chi connectivity index (χ1n) is 7.38. The predicted octanol–water partition coefficient (Wildman–Crippen LogP) is 3.31. The van der Waals surface area contributed by atoms with Gasteiger partial charge in [-0.05, 0) is 24.3 Å². The van der Waals surface area contributed by atoms with Crippen LogP contribution in [0.5, 0.6) is 0 Å². The van der Waals surface area contributed by atoms with Crippen molar-refractivity contribution in [3.63, 3.8) is 0 Å². The quantitative estimate of drug-likeness (QED) is 0.860. The SMILES string of the molecule is C1=CC2C(C1)CC2Nc1cnn(Cc2ccccc2)c1. The van der Waals surface area contributed by atoms with E-state index >= 15 is 0 Å². The number of hydrogen-bond acceptors (Lipinski definition) is 2. The summed E-state index contributed by atoms with van der Waals surface area (Å²) in [5.41, 5.74) is 2.43. The monoisotopic (exact) mass is 265 g/mol. The molecule has 0 saturated heterocycles. The average Bonchev–Trinajstić information content (AvgIpc) is 3.04. The number of anilines is 1. The maximum absolute atomic E-state index is 4.44. The summed E-state index contributed by atoms with van der Waals surface area (Å²) in [4.78, 5) is 0. The fourth-order valence-electron chi connectivity index (χ4n) is 3.39. The van der Waals surface area contributed by atoms with Crippen LogP contribution in [0.25, 0.3) is 0 Å². The van der Waals surface area contributed by atoms with Gasteiger partial charge in [-0.1, -0.05) is 42.5 Å². The number of nitrogens with zero attached hydrogens (tertiary/aromatic N) is 2. The van der Waals surface area contributed by atoms with Crippen molar-refractivity contribution < 1.29 is 0 Å². The third-order valence-corrected chi connectivity index (χ3v) is 4.54. The number of allylic oxidation sites excluding steroid dienone is 1. The van der Waals surface area contributed by atoms with E-state index in [2.05, 4.69) is 53.0 Å². The Labute approximate surface area is 119 Å². The molecule has 1 fully saturated rings. The van der Waals surface area contributed by atoms with Gasteiger partial charge in [-0.15, -0.1) is 0 Å². The van der Waals surface area contributed by atoms with Crippen molar-refractivity contribution in [3.8, 4) is 0 Å². The Morgan fingerprint density at radius 3 is 3.00 bits per heavy atom. The summed E-state index contributed by atoms with van der Waals surface area (Å²) in [6.45, 7) is 0.832. The van der Waals surface area contributed by atoms with E-state index in [9.17, 15) is 0 Å². The molecule has 0 radical (unpaired) electrons. The molecule has 0 spiro atoms. The first kappa shape index (κ1) is 11.8. The van der Waals surface area contributed by atoms with Crippen LogP contribution >= 0.6 is 0 Å². The van der Waals surface area contributed by atoms with Crippen LogP contribution in [0.3, 0.4) is 0 Å². The highest BCUT2D eigenvalue weighted by molar-refractivity contribution is 5.41. The van der Waals surface area contributed by atoms with Gasteiger partial charge in [0.1, 0.15) is 0 Å². The largest absolute Gasteiger partial charge is 0.379 e. The fourth-order valence-corrected chi connectivity index (χ4v) is 3.39. The summed E-state index contributed by atoms with van der Waals surface area (Å²) in [6.07, 6.45) is 11.3. The van der Waals surface area contributed by atoms with E-state index in [-0.39, 0.29) is 0 Å². The Morgan fingerprint density at radius 2 is 2.15 bits per heavy atom. The molecule has 0 amide bonds. The molecule has 3 unspecified atom stereocenters. The molecule has 2 aliphatic carbocycles. The smallest absolute Gasteiger partial charge is 0.0728 e. The molecule has 1 heterocycles. The van der Waals surface area contributed by atoms with Gasteiger partial charge in [0.15, 0.2) is 0 Å². The Kier molecular flexibility index (Phi) is 2.84. The van der Waals surface area contributed by atoms with Gasteiger partial charge in [-0.3, -0.25) is 4.68 Å². The summed E-state index contributed by atoms with van der Waals surface area (Å²) < 4.78 is 2.00. The lowest BCUT2D eigenvalue weighted by molar-refractivity contribution is 0.218. The second-order valence-corrected chi connectivity index (χ2v) is 5.90. The van der Waals surface area contributed by atoms with E-state index in [1.807, 2.05) is 16.9 Å². The van der Waals surface area contributed by atoms with Crippen LogP contribution in [0, 0.1) is 11.8 Å². The molecule has 3 heteroatoms. The Morgan fingerprint density at radius 1 is 1.25 bits per heavy atom. The van der Waals surface area contributed by atoms with Gasteiger partial charge in [0.25, 0.3) is 0 Å². The fraction of sp³-hybridized carbons (Fsp3) is 0.353. The van der Waals surface area contributed by atoms with Crippen LogP contribution in [0.2, 0.25) is 0 Å². The van der Waals surface area contributed by atoms with Crippen molar-refractivity contribution in [1.82, 2.24) is 9.78 Å². The number of benzene rings is 1. The number of rotatable bonds is 4. The van der Waals surface area contributed by atoms with Crippen LogP contribution in [0.4, 0.5) is 5.69 Å². The first-order valence-corrected chi connectivity index (χ1v) is 7.38. The maximum atomic E-state index is 4.44. The molecule has 0 aliphatic heterocycles. The topological polar surface area (TPSA) is 29.9 Å². The molecule has 1 aromatic carbocycles. The van der Waals surface area contributed by atoms with E-state index in [0.717, 1.165) is 24.1 Å². The highest BCUT2D eigenvalue weighted by atomic mass is 15.3. The molecule has 4 rings (SSSR count). The van der Waals surface area contributed by atoms with Gasteiger partial charge >= 0.3 is 0 Å². The second-order valence-electron chi connectivity index (χ2n) is 5.90. The molecule has 102 valence electrons. The molecule has 1 N–H and O–H groups in total. The molecule has 2 aromatic rings. The molecule has 1 saturated carbocycles. The van der Waals surface area contributed by atoms with Crippen molar-refractivity contribution in [1.29, 1.82) is 0 Å². The second kappa shape index (κ2) is 4.82. The number of fused-ring (bicyclic) bond motifs is 1. The first-order chi connectivity index (χ1) is 9.88. The molecule has 20 heavy (non-hydrogen) atoms. The zero-order valence-electron chi connectivity index (χ0n) is 11.4. The van der Waals surface area contributed by atoms with Crippen molar-refractivity contribution in [3.05, 3.63) is 60.4 Å². The van der Waals surface area contributed by atoms with Crippen molar-refractivity contribution in [2.24, 2.45) is 11.8 Å². The van der Waals surface area contributed by atoms with Crippen LogP contribution in [-0.2, 0) is 6.54 Å². The normalized spacial score (nSPS) is 27.1. The Balaban J connectivity index is 1.40. The number of nitrogens with one attached hydrogen (secondary N) is 1. The minimum atomic E-state index is 0.605. The lowest BCUT2D eigenvalue weighted by Crippen LogP contribution is -2.43. The molecule has 3 atom stereocenters. The summed E-state index contributed by atoms with van der Waals surface area (Å²) in [7, 11) is 0. The highest BCUT2D eigenvalue weighted by Gasteiger charge is 2.40. The van der Waals surface area contributed by atoms with Gasteiger partial charge in [-0.2, -0.15) is 5.10 Å². The number of aromatic nitrogens is 2. The Hall–Kier alpha value is -2.03. The third-order valence-electron chi connectivity index (χ3n) is 4.54. The lowest BCUT2D eigenvalue weighted by Gasteiger charge is -2.40. The predicted molar refractivity (Wildman–Crippen MR) is 80.5 cm³/mol. The van der Waals surface area contributed by atoms with Gasteiger partial charge in [0.2, 0.25) is 0 Å². The molecule has 2 aliphatic rings. The van der Waals surface area contributed by atoms with E-state index in [1.54, 1.807) is 0 Å². The molecular weight excluding hydrogens is 246 g/mol. The van der Waals surface area contributed by atoms with E-state index < -0.39 is 0 Å². The minimum Gasteiger partial charge on any atom is -0.379 e. The van der Waals surface area contributed by atoms with Crippen molar-refractivity contribution in [2.45, 2.75) is 25.4 Å². The molecule has 1 aromatic heterocycles. The molecule has 3 nitrogen and oxygen atoms in total. The summed E-state index contributed by atoms with van der Waals surface area (Å²) >= 11 is 0. The van der Waals surface area contributed by atoms with Crippen molar-refractivity contribution >= 4 is 5.69 Å². The highest BCUT2D eigenvalue weighted by Crippen LogP contribution is 2.43. The summed E-state index contributed by atoms with van der Waals surface area (Å²) in [5, 5.41) is 8.07. The van der Waals surface area contributed by atoms with E-state index in [4.69, 9.17) is 0 Å². The third kappa shape index (κ3) is 2.13. The van der Waals surface area contributed by atoms with Gasteiger partial charge in [0.05, 0.1) is 18.4 Å². The minimum absolute atomic E-state index is 0.605. The molecule has 0 bridgehead atoms. The molecular formula is C17H19N3.